The number of hydrogen-bond acceptors (Lipinski definition) is 3. The van der Waals surface area contributed by atoms with E-state index in [1.165, 1.54) is 0 Å². The van der Waals surface area contributed by atoms with Crippen molar-refractivity contribution in [3.8, 4) is 0 Å². The van der Waals surface area contributed by atoms with Crippen LogP contribution in [0.2, 0.25) is 0 Å². The first-order valence-corrected chi connectivity index (χ1v) is 4.06. The fraction of sp³-hybridized carbons (Fsp3) is 0.556. The molecule has 0 aromatic rings. The number of cyclic esters (lactones) is 2. The lowest BCUT2D eigenvalue weighted by Gasteiger charge is -2.34. The molecule has 0 amide bonds. The summed E-state index contributed by atoms with van der Waals surface area (Å²) in [5.41, 5.74) is -0.545. The van der Waals surface area contributed by atoms with Crippen molar-refractivity contribution in [2.75, 3.05) is 0 Å². The van der Waals surface area contributed by atoms with Crippen molar-refractivity contribution in [1.82, 2.24) is 0 Å². The predicted molar refractivity (Wildman–Crippen MR) is 41.1 cm³/mol. The Kier molecular flexibility index (Phi) is 1.37. The van der Waals surface area contributed by atoms with Gasteiger partial charge in [0.25, 0.3) is 0 Å². The summed E-state index contributed by atoms with van der Waals surface area (Å²) in [6, 6.07) is 0. The maximum absolute atomic E-state index is 11.2. The first-order valence-electron chi connectivity index (χ1n) is 4.06. The van der Waals surface area contributed by atoms with Crippen LogP contribution in [0.25, 0.3) is 0 Å². The third kappa shape index (κ3) is 0.891. The van der Waals surface area contributed by atoms with Gasteiger partial charge in [-0.05, 0) is 19.8 Å². The minimum Gasteiger partial charge on any atom is -0.392 e. The van der Waals surface area contributed by atoms with Crippen molar-refractivity contribution in [2.24, 2.45) is 11.3 Å². The molecule has 2 aliphatic rings. The van der Waals surface area contributed by atoms with E-state index in [2.05, 4.69) is 4.74 Å². The number of ether oxygens (including phenoxy) is 1. The number of esters is 2. The first-order chi connectivity index (χ1) is 5.62. The summed E-state index contributed by atoms with van der Waals surface area (Å²) < 4.78 is 4.63. The number of rotatable bonds is 0. The molecule has 0 radical (unpaired) electrons. The Balaban J connectivity index is 2.38. The van der Waals surface area contributed by atoms with Crippen molar-refractivity contribution in [3.63, 3.8) is 0 Å². The Morgan fingerprint density at radius 2 is 2.33 bits per heavy atom. The minimum absolute atomic E-state index is 0.0994. The van der Waals surface area contributed by atoms with Gasteiger partial charge in [0.15, 0.2) is 0 Å². The molecule has 12 heavy (non-hydrogen) atoms. The third-order valence-corrected chi connectivity index (χ3v) is 2.57. The van der Waals surface area contributed by atoms with Crippen LogP contribution in [0.3, 0.4) is 0 Å². The van der Waals surface area contributed by atoms with Gasteiger partial charge >= 0.3 is 11.9 Å². The normalized spacial score (nSPS) is 39.6. The molecule has 3 nitrogen and oxygen atoms in total. The monoisotopic (exact) mass is 166 g/mol. The highest BCUT2D eigenvalue weighted by Gasteiger charge is 2.45. The molecule has 1 heterocycles. The van der Waals surface area contributed by atoms with Crippen LogP contribution in [-0.2, 0) is 14.3 Å². The molecule has 2 atom stereocenters. The zero-order valence-corrected chi connectivity index (χ0v) is 6.87. The van der Waals surface area contributed by atoms with Crippen LogP contribution in [0, 0.1) is 11.3 Å². The zero-order valence-electron chi connectivity index (χ0n) is 6.87. The molecule has 1 saturated heterocycles. The van der Waals surface area contributed by atoms with E-state index < -0.39 is 11.4 Å². The Bertz CT molecular complexity index is 279. The molecular formula is C9H10O3. The van der Waals surface area contributed by atoms with Crippen molar-refractivity contribution in [3.05, 3.63) is 12.2 Å². The van der Waals surface area contributed by atoms with E-state index >= 15 is 0 Å². The Morgan fingerprint density at radius 3 is 3.08 bits per heavy atom. The molecule has 3 heteroatoms. The minimum atomic E-state index is -0.545. The van der Waals surface area contributed by atoms with Gasteiger partial charge in [0.1, 0.15) is 0 Å². The summed E-state index contributed by atoms with van der Waals surface area (Å²) in [5.74, 6) is -0.862. The second-order valence-corrected chi connectivity index (χ2v) is 3.67. The average Bonchev–Trinajstić information content (AvgIpc) is 2.02. The molecule has 2 rings (SSSR count). The van der Waals surface area contributed by atoms with E-state index in [4.69, 9.17) is 0 Å². The number of allylic oxidation sites excluding steroid dienone is 1. The lowest BCUT2D eigenvalue weighted by Crippen LogP contribution is -2.42. The smallest absolute Gasteiger partial charge is 0.323 e. The molecule has 1 aliphatic carbocycles. The number of carbonyl (C=O) groups excluding carboxylic acids is 2. The van der Waals surface area contributed by atoms with Gasteiger partial charge in [0, 0.05) is 0 Å². The predicted octanol–water partition coefficient (Wildman–Crippen LogP) is 1.04. The van der Waals surface area contributed by atoms with Gasteiger partial charge in [-0.3, -0.25) is 9.59 Å². The lowest BCUT2D eigenvalue weighted by atomic mass is 9.74. The largest absolute Gasteiger partial charge is 0.392 e. The van der Waals surface area contributed by atoms with Gasteiger partial charge in [-0.1, -0.05) is 12.2 Å². The Morgan fingerprint density at radius 1 is 1.58 bits per heavy atom. The molecule has 0 N–H and O–H groups in total. The van der Waals surface area contributed by atoms with E-state index in [9.17, 15) is 9.59 Å². The van der Waals surface area contributed by atoms with Crippen molar-refractivity contribution in [1.29, 1.82) is 0 Å². The summed E-state index contributed by atoms with van der Waals surface area (Å²) in [6.07, 6.45) is 5.06. The molecular weight excluding hydrogens is 156 g/mol. The highest BCUT2D eigenvalue weighted by Crippen LogP contribution is 2.39. The molecule has 1 aliphatic heterocycles. The van der Waals surface area contributed by atoms with Crippen molar-refractivity contribution in [2.45, 2.75) is 19.8 Å². The molecule has 0 unspecified atom stereocenters. The quantitative estimate of drug-likeness (QED) is 0.307. The van der Waals surface area contributed by atoms with E-state index in [0.717, 1.165) is 0 Å². The van der Waals surface area contributed by atoms with Crippen molar-refractivity contribution >= 4 is 11.9 Å². The fourth-order valence-electron chi connectivity index (χ4n) is 1.78. The average molecular weight is 166 g/mol. The van der Waals surface area contributed by atoms with Gasteiger partial charge in [0.05, 0.1) is 11.3 Å². The van der Waals surface area contributed by atoms with Gasteiger partial charge in [0.2, 0.25) is 0 Å². The van der Waals surface area contributed by atoms with Crippen molar-refractivity contribution < 1.29 is 14.3 Å². The van der Waals surface area contributed by atoms with Crippen LogP contribution in [0.5, 0.6) is 0 Å². The van der Waals surface area contributed by atoms with Gasteiger partial charge in [-0.15, -0.1) is 0 Å². The number of carbonyl (C=O) groups is 2. The summed E-state index contributed by atoms with van der Waals surface area (Å²) in [5, 5.41) is 0. The maximum atomic E-state index is 11.2. The highest BCUT2D eigenvalue weighted by molar-refractivity contribution is 5.94. The Labute approximate surface area is 70.4 Å². The number of fused-ring (bicyclic) bond motifs is 2. The molecule has 0 saturated carbocycles. The van der Waals surface area contributed by atoms with Crippen LogP contribution >= 0.6 is 0 Å². The summed E-state index contributed by atoms with van der Waals surface area (Å²) in [4.78, 5) is 22.3. The van der Waals surface area contributed by atoms with Crippen LogP contribution < -0.4 is 0 Å². The van der Waals surface area contributed by atoms with E-state index in [1.807, 2.05) is 19.1 Å². The highest BCUT2D eigenvalue weighted by atomic mass is 16.6. The summed E-state index contributed by atoms with van der Waals surface area (Å²) >= 11 is 0. The molecule has 0 aromatic carbocycles. The maximum Gasteiger partial charge on any atom is 0.323 e. The van der Waals surface area contributed by atoms with E-state index in [0.29, 0.717) is 12.8 Å². The van der Waals surface area contributed by atoms with Crippen LogP contribution in [-0.4, -0.2) is 11.9 Å². The standard InChI is InChI=1S/C9H10O3/c1-9-4-2-3-6(5-9)7(10)12-8(9)11/h2,4,6H,3,5H2,1H3/t6-,9-/m1/s1. The SMILES string of the molecule is C[C@@]12C=CC[C@H](C1)C(=O)OC2=O. The van der Waals surface area contributed by atoms with Gasteiger partial charge < -0.3 is 4.74 Å². The Hall–Kier alpha value is -1.12. The second-order valence-electron chi connectivity index (χ2n) is 3.67. The van der Waals surface area contributed by atoms with Crippen LogP contribution in [0.1, 0.15) is 19.8 Å². The molecule has 64 valence electrons. The van der Waals surface area contributed by atoms with Gasteiger partial charge in [-0.2, -0.15) is 0 Å². The van der Waals surface area contributed by atoms with E-state index in [1.54, 1.807) is 0 Å². The molecule has 0 aromatic heterocycles. The van der Waals surface area contributed by atoms with E-state index in [-0.39, 0.29) is 11.9 Å². The fourth-order valence-corrected chi connectivity index (χ4v) is 1.78. The van der Waals surface area contributed by atoms with Gasteiger partial charge in [-0.25, -0.2) is 0 Å². The first kappa shape index (κ1) is 7.53. The summed E-state index contributed by atoms with van der Waals surface area (Å²) in [7, 11) is 0. The third-order valence-electron chi connectivity index (χ3n) is 2.57. The summed E-state index contributed by atoms with van der Waals surface area (Å²) in [6.45, 7) is 1.81. The lowest BCUT2D eigenvalue weighted by molar-refractivity contribution is -0.176. The molecule has 0 spiro atoms. The zero-order chi connectivity index (χ0) is 8.77. The molecule has 2 bridgehead atoms. The molecule has 1 fully saturated rings. The topological polar surface area (TPSA) is 43.4 Å². The number of hydrogen-bond donors (Lipinski definition) is 0. The van der Waals surface area contributed by atoms with Crippen LogP contribution in [0.15, 0.2) is 12.2 Å². The van der Waals surface area contributed by atoms with Crippen LogP contribution in [0.4, 0.5) is 0 Å². The second kappa shape index (κ2) is 2.19.